The molecule has 0 radical (unpaired) electrons. The van der Waals surface area contributed by atoms with E-state index in [9.17, 15) is 4.79 Å². The molecule has 0 unspecified atom stereocenters. The lowest BCUT2D eigenvalue weighted by molar-refractivity contribution is 0.262. The molecule has 0 aliphatic heterocycles. The van der Waals surface area contributed by atoms with E-state index < -0.39 is 0 Å². The van der Waals surface area contributed by atoms with E-state index in [2.05, 4.69) is 26.6 Å². The first-order chi connectivity index (χ1) is 9.56. The summed E-state index contributed by atoms with van der Waals surface area (Å²) in [6.07, 6.45) is 0. The Hall–Kier alpha value is -1.72. The SMILES string of the molecule is COc1cc(Cl)cc(NC(=O)Nc2cccc(Br)c2)c1. The minimum Gasteiger partial charge on any atom is -0.497 e. The van der Waals surface area contributed by atoms with Gasteiger partial charge in [-0.3, -0.25) is 0 Å². The fourth-order valence-electron chi connectivity index (χ4n) is 1.61. The van der Waals surface area contributed by atoms with Crippen molar-refractivity contribution < 1.29 is 9.53 Å². The standard InChI is InChI=1S/C14H12BrClN2O2/c1-20-13-7-10(16)6-12(8-13)18-14(19)17-11-4-2-3-9(15)5-11/h2-8H,1H3,(H2,17,18,19). The highest BCUT2D eigenvalue weighted by Crippen LogP contribution is 2.24. The second-order valence-electron chi connectivity index (χ2n) is 3.97. The van der Waals surface area contributed by atoms with Crippen LogP contribution >= 0.6 is 27.5 Å². The summed E-state index contributed by atoms with van der Waals surface area (Å²) < 4.78 is 5.98. The van der Waals surface area contributed by atoms with Crippen molar-refractivity contribution in [2.75, 3.05) is 17.7 Å². The van der Waals surface area contributed by atoms with Gasteiger partial charge in [-0.15, -0.1) is 0 Å². The number of halogens is 2. The third kappa shape index (κ3) is 4.15. The Morgan fingerprint density at radius 2 is 1.90 bits per heavy atom. The number of methoxy groups -OCH3 is 1. The number of nitrogens with one attached hydrogen (secondary N) is 2. The Morgan fingerprint density at radius 3 is 2.60 bits per heavy atom. The van der Waals surface area contributed by atoms with Gasteiger partial charge in [0.2, 0.25) is 0 Å². The zero-order valence-electron chi connectivity index (χ0n) is 10.6. The monoisotopic (exact) mass is 354 g/mol. The molecule has 2 aromatic carbocycles. The highest BCUT2D eigenvalue weighted by molar-refractivity contribution is 9.10. The topological polar surface area (TPSA) is 50.4 Å². The van der Waals surface area contributed by atoms with Crippen LogP contribution in [-0.2, 0) is 0 Å². The van der Waals surface area contributed by atoms with Gasteiger partial charge in [0.05, 0.1) is 7.11 Å². The lowest BCUT2D eigenvalue weighted by Gasteiger charge is -2.09. The first kappa shape index (κ1) is 14.7. The van der Waals surface area contributed by atoms with Gasteiger partial charge in [-0.1, -0.05) is 33.6 Å². The van der Waals surface area contributed by atoms with Crippen LogP contribution in [0.3, 0.4) is 0 Å². The van der Waals surface area contributed by atoms with Crippen molar-refractivity contribution in [3.8, 4) is 5.75 Å². The Balaban J connectivity index is 2.06. The fourth-order valence-corrected chi connectivity index (χ4v) is 2.24. The molecule has 0 spiro atoms. The number of amides is 2. The van der Waals surface area contributed by atoms with Crippen LogP contribution in [0.5, 0.6) is 5.75 Å². The van der Waals surface area contributed by atoms with Gasteiger partial charge < -0.3 is 15.4 Å². The van der Waals surface area contributed by atoms with Crippen LogP contribution in [0, 0.1) is 0 Å². The summed E-state index contributed by atoms with van der Waals surface area (Å²) in [5, 5.41) is 5.91. The molecule has 2 aromatic rings. The number of carbonyl (C=O) groups is 1. The van der Waals surface area contributed by atoms with Gasteiger partial charge in [0.15, 0.2) is 0 Å². The predicted octanol–water partition coefficient (Wildman–Crippen LogP) is 4.76. The van der Waals surface area contributed by atoms with Gasteiger partial charge in [-0.05, 0) is 30.3 Å². The molecule has 0 bridgehead atoms. The molecule has 104 valence electrons. The van der Waals surface area contributed by atoms with Crippen molar-refractivity contribution in [2.24, 2.45) is 0 Å². The number of rotatable bonds is 3. The molecule has 0 heterocycles. The van der Waals surface area contributed by atoms with E-state index in [-0.39, 0.29) is 6.03 Å². The molecule has 0 saturated heterocycles. The molecule has 0 atom stereocenters. The molecule has 0 aromatic heterocycles. The molecule has 2 N–H and O–H groups in total. The van der Waals surface area contributed by atoms with Crippen LogP contribution in [-0.4, -0.2) is 13.1 Å². The second kappa shape index (κ2) is 6.63. The van der Waals surface area contributed by atoms with E-state index in [1.165, 1.54) is 7.11 Å². The van der Waals surface area contributed by atoms with Crippen LogP contribution < -0.4 is 15.4 Å². The number of anilines is 2. The summed E-state index contributed by atoms with van der Waals surface area (Å²) in [6.45, 7) is 0. The molecule has 0 aliphatic rings. The second-order valence-corrected chi connectivity index (χ2v) is 5.32. The highest BCUT2D eigenvalue weighted by Gasteiger charge is 2.05. The lowest BCUT2D eigenvalue weighted by Crippen LogP contribution is -2.19. The van der Waals surface area contributed by atoms with Gasteiger partial charge in [-0.2, -0.15) is 0 Å². The summed E-state index contributed by atoms with van der Waals surface area (Å²) >= 11 is 9.28. The number of ether oxygens (including phenoxy) is 1. The Bertz CT molecular complexity index is 634. The predicted molar refractivity (Wildman–Crippen MR) is 84.8 cm³/mol. The Kier molecular flexibility index (Phi) is 4.87. The van der Waals surface area contributed by atoms with Crippen LogP contribution in [0.2, 0.25) is 5.02 Å². The maximum atomic E-state index is 11.9. The molecule has 2 rings (SSSR count). The summed E-state index contributed by atoms with van der Waals surface area (Å²) in [6, 6.07) is 12.0. The average molecular weight is 356 g/mol. The van der Waals surface area contributed by atoms with E-state index in [4.69, 9.17) is 16.3 Å². The number of carbonyl (C=O) groups excluding carboxylic acids is 1. The first-order valence-corrected chi connectivity index (χ1v) is 6.92. The van der Waals surface area contributed by atoms with Gasteiger partial charge in [-0.25, -0.2) is 4.79 Å². The fraction of sp³-hybridized carbons (Fsp3) is 0.0714. The number of hydrogen-bond acceptors (Lipinski definition) is 2. The summed E-state index contributed by atoms with van der Waals surface area (Å²) in [5.74, 6) is 0.579. The van der Waals surface area contributed by atoms with Crippen molar-refractivity contribution in [3.05, 3.63) is 52.0 Å². The zero-order chi connectivity index (χ0) is 14.5. The molecule has 2 amide bonds. The average Bonchev–Trinajstić information content (AvgIpc) is 2.37. The van der Waals surface area contributed by atoms with Gasteiger partial charge in [0.1, 0.15) is 5.75 Å². The molecule has 0 fully saturated rings. The molecule has 4 nitrogen and oxygen atoms in total. The third-order valence-electron chi connectivity index (χ3n) is 2.45. The molecule has 0 aliphatic carbocycles. The third-order valence-corrected chi connectivity index (χ3v) is 3.16. The normalized spacial score (nSPS) is 9.95. The van der Waals surface area contributed by atoms with Crippen LogP contribution in [0.25, 0.3) is 0 Å². The lowest BCUT2D eigenvalue weighted by atomic mass is 10.3. The number of urea groups is 1. The van der Waals surface area contributed by atoms with Gasteiger partial charge in [0.25, 0.3) is 0 Å². The van der Waals surface area contributed by atoms with E-state index in [1.54, 1.807) is 30.3 Å². The van der Waals surface area contributed by atoms with Gasteiger partial charge in [0, 0.05) is 26.9 Å². The summed E-state index contributed by atoms with van der Waals surface area (Å²) in [4.78, 5) is 11.9. The van der Waals surface area contributed by atoms with Crippen molar-refractivity contribution in [1.82, 2.24) is 0 Å². The quantitative estimate of drug-likeness (QED) is 0.834. The van der Waals surface area contributed by atoms with E-state index in [0.29, 0.717) is 22.1 Å². The molecule has 0 saturated carbocycles. The van der Waals surface area contributed by atoms with E-state index in [0.717, 1.165) is 4.47 Å². The Morgan fingerprint density at radius 1 is 1.15 bits per heavy atom. The first-order valence-electron chi connectivity index (χ1n) is 5.75. The van der Waals surface area contributed by atoms with Crippen molar-refractivity contribution in [2.45, 2.75) is 0 Å². The van der Waals surface area contributed by atoms with E-state index >= 15 is 0 Å². The smallest absolute Gasteiger partial charge is 0.323 e. The largest absolute Gasteiger partial charge is 0.497 e. The van der Waals surface area contributed by atoms with Crippen LogP contribution in [0.4, 0.5) is 16.2 Å². The molecular formula is C14H12BrClN2O2. The van der Waals surface area contributed by atoms with Crippen LogP contribution in [0.15, 0.2) is 46.9 Å². The Labute approximate surface area is 130 Å². The summed E-state index contributed by atoms with van der Waals surface area (Å²) in [7, 11) is 1.54. The highest BCUT2D eigenvalue weighted by atomic mass is 79.9. The molecule has 6 heteroatoms. The van der Waals surface area contributed by atoms with Crippen molar-refractivity contribution >= 4 is 44.9 Å². The number of benzene rings is 2. The van der Waals surface area contributed by atoms with Gasteiger partial charge >= 0.3 is 6.03 Å². The maximum Gasteiger partial charge on any atom is 0.323 e. The minimum absolute atomic E-state index is 0.354. The number of hydrogen-bond donors (Lipinski definition) is 2. The molecular weight excluding hydrogens is 344 g/mol. The summed E-state index contributed by atoms with van der Waals surface area (Å²) in [5.41, 5.74) is 1.24. The van der Waals surface area contributed by atoms with Crippen molar-refractivity contribution in [1.29, 1.82) is 0 Å². The van der Waals surface area contributed by atoms with E-state index in [1.807, 2.05) is 12.1 Å². The maximum absolute atomic E-state index is 11.9. The van der Waals surface area contributed by atoms with Crippen molar-refractivity contribution in [3.63, 3.8) is 0 Å². The zero-order valence-corrected chi connectivity index (χ0v) is 13.0. The molecule has 20 heavy (non-hydrogen) atoms. The van der Waals surface area contributed by atoms with Crippen LogP contribution in [0.1, 0.15) is 0 Å². The minimum atomic E-state index is -0.354.